The predicted molar refractivity (Wildman–Crippen MR) is 68.1 cm³/mol. The monoisotopic (exact) mass is 292 g/mol. The van der Waals surface area contributed by atoms with Crippen LogP contribution >= 0.6 is 0 Å². The summed E-state index contributed by atoms with van der Waals surface area (Å²) in [5.41, 5.74) is 2.52. The Morgan fingerprint density at radius 1 is 1.35 bits per heavy atom. The van der Waals surface area contributed by atoms with Crippen LogP contribution in [0.2, 0.25) is 0 Å². The number of nitrogens with one attached hydrogen (secondary N) is 2. The lowest BCUT2D eigenvalue weighted by Gasteiger charge is -2.09. The molecule has 1 heterocycles. The Hall–Kier alpha value is -1.57. The molecule has 1 aromatic heterocycles. The van der Waals surface area contributed by atoms with Crippen molar-refractivity contribution in [2.75, 3.05) is 13.1 Å². The summed E-state index contributed by atoms with van der Waals surface area (Å²) in [6, 6.07) is 0. The van der Waals surface area contributed by atoms with Crippen LogP contribution in [0.3, 0.4) is 0 Å². The molecule has 0 unspecified atom stereocenters. The van der Waals surface area contributed by atoms with E-state index in [0.29, 0.717) is 6.54 Å². The minimum Gasteiger partial charge on any atom is -0.345 e. The van der Waals surface area contributed by atoms with Crippen molar-refractivity contribution < 1.29 is 18.0 Å². The number of amides is 1. The summed E-state index contributed by atoms with van der Waals surface area (Å²) < 4.78 is 37.4. The molecule has 0 fully saturated rings. The highest BCUT2D eigenvalue weighted by molar-refractivity contribution is 5.75. The van der Waals surface area contributed by atoms with Crippen LogP contribution in [0, 0.1) is 13.8 Å². The molecule has 1 amide bonds. The third-order valence-corrected chi connectivity index (χ3v) is 2.86. The van der Waals surface area contributed by atoms with E-state index in [1.807, 2.05) is 19.2 Å². The summed E-state index contributed by atoms with van der Waals surface area (Å²) in [6.45, 7) is 5.46. The molecule has 0 saturated heterocycles. The van der Waals surface area contributed by atoms with Gasteiger partial charge in [0.25, 0.3) is 0 Å². The molecule has 2 N–H and O–H groups in total. The smallest absolute Gasteiger partial charge is 0.345 e. The lowest BCUT2D eigenvalue weighted by Crippen LogP contribution is -2.36. The van der Waals surface area contributed by atoms with Gasteiger partial charge in [-0.2, -0.15) is 18.3 Å². The van der Waals surface area contributed by atoms with Crippen LogP contribution in [0.5, 0.6) is 0 Å². The molecule has 1 rings (SSSR count). The highest BCUT2D eigenvalue weighted by Gasteiger charge is 2.27. The van der Waals surface area contributed by atoms with Gasteiger partial charge in [-0.05, 0) is 20.4 Å². The van der Waals surface area contributed by atoms with E-state index < -0.39 is 18.6 Å². The third-order valence-electron chi connectivity index (χ3n) is 2.86. The molecule has 20 heavy (non-hydrogen) atoms. The van der Waals surface area contributed by atoms with E-state index >= 15 is 0 Å². The van der Waals surface area contributed by atoms with Crippen molar-refractivity contribution >= 4 is 5.91 Å². The number of rotatable bonds is 6. The maximum absolute atomic E-state index is 12.0. The molecule has 0 aliphatic heterocycles. The van der Waals surface area contributed by atoms with Gasteiger partial charge >= 0.3 is 6.18 Å². The van der Waals surface area contributed by atoms with E-state index in [9.17, 15) is 18.0 Å². The average molecular weight is 292 g/mol. The highest BCUT2D eigenvalue weighted by atomic mass is 19.4. The number of aryl methyl sites for hydroxylation is 1. The van der Waals surface area contributed by atoms with Crippen molar-refractivity contribution in [2.45, 2.75) is 40.0 Å². The summed E-state index contributed by atoms with van der Waals surface area (Å²) in [5, 5.41) is 9.17. The van der Waals surface area contributed by atoms with Crippen molar-refractivity contribution in [1.82, 2.24) is 20.4 Å². The summed E-state index contributed by atoms with van der Waals surface area (Å²) in [5.74, 6) is -0.706. The largest absolute Gasteiger partial charge is 0.405 e. The number of halogens is 3. The zero-order valence-electron chi connectivity index (χ0n) is 11.8. The molecule has 0 spiro atoms. The number of nitrogens with zero attached hydrogens (tertiary/aromatic N) is 2. The van der Waals surface area contributed by atoms with Gasteiger partial charge in [0, 0.05) is 17.8 Å². The Morgan fingerprint density at radius 3 is 2.55 bits per heavy atom. The fourth-order valence-electron chi connectivity index (χ4n) is 1.78. The second-order valence-corrected chi connectivity index (χ2v) is 4.48. The molecule has 5 nitrogen and oxygen atoms in total. The number of hydrogen-bond donors (Lipinski definition) is 2. The topological polar surface area (TPSA) is 59.0 Å². The normalized spacial score (nSPS) is 11.7. The van der Waals surface area contributed by atoms with Gasteiger partial charge < -0.3 is 10.6 Å². The molecule has 1 aromatic rings. The van der Waals surface area contributed by atoms with Crippen LogP contribution in [-0.2, 0) is 17.9 Å². The summed E-state index contributed by atoms with van der Waals surface area (Å²) in [4.78, 5) is 11.5. The van der Waals surface area contributed by atoms with Gasteiger partial charge in [-0.15, -0.1) is 0 Å². The molecule has 114 valence electrons. The SMILES string of the molecule is CCNCc1c(C)nn(CC(=O)NCC(F)(F)F)c1C. The molecule has 0 saturated carbocycles. The Morgan fingerprint density at radius 2 is 2.00 bits per heavy atom. The molecular formula is C12H19F3N4O. The van der Waals surface area contributed by atoms with E-state index in [1.165, 1.54) is 4.68 Å². The molecule has 8 heteroatoms. The lowest BCUT2D eigenvalue weighted by molar-refractivity contribution is -0.138. The first-order valence-electron chi connectivity index (χ1n) is 6.31. The van der Waals surface area contributed by atoms with Gasteiger partial charge in [0.1, 0.15) is 13.1 Å². The molecule has 0 aliphatic rings. The standard InChI is InChI=1S/C12H19F3N4O/c1-4-16-5-10-8(2)18-19(9(10)3)6-11(20)17-7-12(13,14)15/h16H,4-7H2,1-3H3,(H,17,20). The van der Waals surface area contributed by atoms with Gasteiger partial charge in [0.05, 0.1) is 5.69 Å². The van der Waals surface area contributed by atoms with E-state index in [-0.39, 0.29) is 6.54 Å². The Labute approximate surface area is 115 Å². The molecule has 0 radical (unpaired) electrons. The predicted octanol–water partition coefficient (Wildman–Crippen LogP) is 1.29. The van der Waals surface area contributed by atoms with E-state index in [1.54, 1.807) is 6.92 Å². The van der Waals surface area contributed by atoms with Gasteiger partial charge in [-0.25, -0.2) is 0 Å². The van der Waals surface area contributed by atoms with Crippen molar-refractivity contribution in [2.24, 2.45) is 0 Å². The van der Waals surface area contributed by atoms with Gasteiger partial charge in [0.15, 0.2) is 0 Å². The van der Waals surface area contributed by atoms with Crippen LogP contribution in [0.15, 0.2) is 0 Å². The summed E-state index contributed by atoms with van der Waals surface area (Å²) in [7, 11) is 0. The zero-order chi connectivity index (χ0) is 15.3. The number of carbonyl (C=O) groups is 1. The number of alkyl halides is 3. The third kappa shape index (κ3) is 4.84. The lowest BCUT2D eigenvalue weighted by atomic mass is 10.2. The Bertz CT molecular complexity index is 468. The second-order valence-electron chi connectivity index (χ2n) is 4.48. The quantitative estimate of drug-likeness (QED) is 0.830. The first-order valence-corrected chi connectivity index (χ1v) is 6.31. The van der Waals surface area contributed by atoms with Crippen molar-refractivity contribution in [3.8, 4) is 0 Å². The van der Waals surface area contributed by atoms with Crippen molar-refractivity contribution in [1.29, 1.82) is 0 Å². The number of aromatic nitrogens is 2. The van der Waals surface area contributed by atoms with Crippen LogP contribution in [-0.4, -0.2) is 35.0 Å². The van der Waals surface area contributed by atoms with Crippen LogP contribution in [0.25, 0.3) is 0 Å². The maximum atomic E-state index is 12.0. The van der Waals surface area contributed by atoms with Gasteiger partial charge in [0.2, 0.25) is 5.91 Å². The van der Waals surface area contributed by atoms with Crippen LogP contribution in [0.4, 0.5) is 13.2 Å². The molecule has 0 bridgehead atoms. The molecule has 0 atom stereocenters. The molecular weight excluding hydrogens is 273 g/mol. The van der Waals surface area contributed by atoms with E-state index in [2.05, 4.69) is 10.4 Å². The van der Waals surface area contributed by atoms with Crippen molar-refractivity contribution in [3.05, 3.63) is 17.0 Å². The van der Waals surface area contributed by atoms with Gasteiger partial charge in [-0.1, -0.05) is 6.92 Å². The van der Waals surface area contributed by atoms with E-state index in [0.717, 1.165) is 23.5 Å². The number of carbonyl (C=O) groups excluding carboxylic acids is 1. The average Bonchev–Trinajstić information content (AvgIpc) is 2.59. The van der Waals surface area contributed by atoms with Crippen LogP contribution < -0.4 is 10.6 Å². The Kier molecular flexibility index (Phi) is 5.55. The van der Waals surface area contributed by atoms with Gasteiger partial charge in [-0.3, -0.25) is 9.48 Å². The summed E-state index contributed by atoms with van der Waals surface area (Å²) in [6.07, 6.45) is -4.40. The molecule has 0 aliphatic carbocycles. The first kappa shape index (κ1) is 16.5. The number of hydrogen-bond acceptors (Lipinski definition) is 3. The fourth-order valence-corrected chi connectivity index (χ4v) is 1.78. The molecule has 0 aromatic carbocycles. The Balaban J connectivity index is 2.66. The minimum absolute atomic E-state index is 0.213. The minimum atomic E-state index is -4.40. The second kappa shape index (κ2) is 6.74. The zero-order valence-corrected chi connectivity index (χ0v) is 11.8. The van der Waals surface area contributed by atoms with Crippen LogP contribution in [0.1, 0.15) is 23.9 Å². The summed E-state index contributed by atoms with van der Waals surface area (Å²) >= 11 is 0. The highest BCUT2D eigenvalue weighted by Crippen LogP contribution is 2.14. The van der Waals surface area contributed by atoms with Crippen molar-refractivity contribution in [3.63, 3.8) is 0 Å². The first-order chi connectivity index (χ1) is 9.24. The maximum Gasteiger partial charge on any atom is 0.405 e. The van der Waals surface area contributed by atoms with E-state index in [4.69, 9.17) is 0 Å². The fraction of sp³-hybridized carbons (Fsp3) is 0.667.